The van der Waals surface area contributed by atoms with Gasteiger partial charge >= 0.3 is 0 Å². The zero-order valence-electron chi connectivity index (χ0n) is 9.74. The normalized spacial score (nSPS) is 23.5. The summed E-state index contributed by atoms with van der Waals surface area (Å²) in [5, 5.41) is 7.06. The van der Waals surface area contributed by atoms with Crippen LogP contribution in [-0.2, 0) is 6.42 Å². The van der Waals surface area contributed by atoms with E-state index in [1.807, 2.05) is 6.20 Å². The van der Waals surface area contributed by atoms with Crippen molar-refractivity contribution >= 4 is 0 Å². The smallest absolute Gasteiger partial charge is 0.0490 e. The number of nitrogens with one attached hydrogen (secondary N) is 1. The van der Waals surface area contributed by atoms with Gasteiger partial charge in [0.15, 0.2) is 0 Å². The number of aromatic amines is 1. The predicted octanol–water partition coefficient (Wildman–Crippen LogP) is 2.07. The molecular weight excluding hydrogens is 186 g/mol. The van der Waals surface area contributed by atoms with E-state index in [1.165, 1.54) is 31.6 Å². The molecule has 3 nitrogen and oxygen atoms in total. The molecule has 0 radical (unpaired) electrons. The van der Waals surface area contributed by atoms with Crippen molar-refractivity contribution in [3.8, 4) is 0 Å². The number of H-pyrrole nitrogens is 1. The molecule has 2 rings (SSSR count). The van der Waals surface area contributed by atoms with Crippen molar-refractivity contribution < 1.29 is 0 Å². The van der Waals surface area contributed by atoms with Gasteiger partial charge < -0.3 is 4.90 Å². The van der Waals surface area contributed by atoms with Crippen LogP contribution < -0.4 is 0 Å². The van der Waals surface area contributed by atoms with Gasteiger partial charge in [-0.1, -0.05) is 0 Å². The fourth-order valence-corrected chi connectivity index (χ4v) is 2.44. The number of likely N-dealkylation sites (tertiary alicyclic amines) is 1. The van der Waals surface area contributed by atoms with Gasteiger partial charge in [-0.2, -0.15) is 5.10 Å². The number of rotatable bonds is 3. The highest BCUT2D eigenvalue weighted by molar-refractivity contribution is 4.99. The molecule has 0 amide bonds. The molecule has 1 N–H and O–H groups in total. The number of nitrogens with zero attached hydrogens (tertiary/aromatic N) is 2. The molecule has 1 unspecified atom stereocenters. The molecule has 1 fully saturated rings. The van der Waals surface area contributed by atoms with E-state index in [0.717, 1.165) is 12.3 Å². The van der Waals surface area contributed by atoms with Crippen LogP contribution in [0.2, 0.25) is 0 Å². The fourth-order valence-electron chi connectivity index (χ4n) is 2.44. The van der Waals surface area contributed by atoms with Crippen molar-refractivity contribution in [3.05, 3.63) is 18.0 Å². The van der Waals surface area contributed by atoms with Crippen molar-refractivity contribution in [2.75, 3.05) is 13.1 Å². The first-order valence-corrected chi connectivity index (χ1v) is 5.98. The first-order valence-electron chi connectivity index (χ1n) is 5.98. The van der Waals surface area contributed by atoms with Gasteiger partial charge in [-0.15, -0.1) is 0 Å². The molecule has 15 heavy (non-hydrogen) atoms. The summed E-state index contributed by atoms with van der Waals surface area (Å²) in [7, 11) is 0. The van der Waals surface area contributed by atoms with Gasteiger partial charge in [-0.3, -0.25) is 5.10 Å². The summed E-state index contributed by atoms with van der Waals surface area (Å²) in [6.45, 7) is 7.10. The highest BCUT2D eigenvalue weighted by Crippen LogP contribution is 2.21. The van der Waals surface area contributed by atoms with Crippen LogP contribution in [-0.4, -0.2) is 34.2 Å². The van der Waals surface area contributed by atoms with Crippen molar-refractivity contribution in [1.29, 1.82) is 0 Å². The molecule has 0 aliphatic carbocycles. The van der Waals surface area contributed by atoms with E-state index in [1.54, 1.807) is 0 Å². The largest absolute Gasteiger partial charge is 0.301 e. The zero-order valence-corrected chi connectivity index (χ0v) is 9.74. The molecule has 1 aliphatic rings. The molecular formula is C12H21N3. The Hall–Kier alpha value is -0.830. The second-order valence-corrected chi connectivity index (χ2v) is 4.88. The molecule has 1 aromatic rings. The maximum Gasteiger partial charge on any atom is 0.0490 e. The van der Waals surface area contributed by atoms with E-state index in [2.05, 4.69) is 35.0 Å². The Balaban J connectivity index is 1.88. The third-order valence-corrected chi connectivity index (χ3v) is 3.35. The lowest BCUT2D eigenvalue weighted by Crippen LogP contribution is -2.40. The fraction of sp³-hybridized carbons (Fsp3) is 0.750. The molecule has 0 aromatic carbocycles. The Labute approximate surface area is 91.9 Å². The minimum atomic E-state index is 0.689. The minimum Gasteiger partial charge on any atom is -0.301 e. The summed E-state index contributed by atoms with van der Waals surface area (Å²) in [6, 6.07) is 2.78. The molecule has 1 atom stereocenters. The lowest BCUT2D eigenvalue weighted by atomic mass is 9.93. The Morgan fingerprint density at radius 3 is 3.13 bits per heavy atom. The number of hydrogen-bond acceptors (Lipinski definition) is 2. The standard InChI is InChI=1S/C12H21N3/c1-10(2)15-7-3-4-11(9-15)8-12-5-6-13-14-12/h5-6,10-11H,3-4,7-9H2,1-2H3,(H,13,14). The summed E-state index contributed by atoms with van der Waals surface area (Å²) in [6.07, 6.45) is 5.71. The van der Waals surface area contributed by atoms with Gasteiger partial charge in [0.1, 0.15) is 0 Å². The lowest BCUT2D eigenvalue weighted by molar-refractivity contribution is 0.139. The predicted molar refractivity (Wildman–Crippen MR) is 61.7 cm³/mol. The molecule has 2 heterocycles. The Bertz CT molecular complexity index is 279. The topological polar surface area (TPSA) is 31.9 Å². The van der Waals surface area contributed by atoms with E-state index in [0.29, 0.717) is 6.04 Å². The molecule has 84 valence electrons. The van der Waals surface area contributed by atoms with Gasteiger partial charge in [0, 0.05) is 24.5 Å². The first kappa shape index (κ1) is 10.7. The quantitative estimate of drug-likeness (QED) is 0.823. The molecule has 0 bridgehead atoms. The van der Waals surface area contributed by atoms with Crippen LogP contribution in [0.5, 0.6) is 0 Å². The monoisotopic (exact) mass is 207 g/mol. The SMILES string of the molecule is CC(C)N1CCCC(Cc2ccn[nH]2)C1. The highest BCUT2D eigenvalue weighted by Gasteiger charge is 2.21. The first-order chi connectivity index (χ1) is 7.25. The molecule has 0 spiro atoms. The van der Waals surface area contributed by atoms with E-state index in [4.69, 9.17) is 0 Å². The van der Waals surface area contributed by atoms with Gasteiger partial charge in [0.05, 0.1) is 0 Å². The van der Waals surface area contributed by atoms with Gasteiger partial charge in [-0.05, 0) is 51.6 Å². The second-order valence-electron chi connectivity index (χ2n) is 4.88. The zero-order chi connectivity index (χ0) is 10.7. The van der Waals surface area contributed by atoms with Crippen LogP contribution in [0.1, 0.15) is 32.4 Å². The van der Waals surface area contributed by atoms with E-state index < -0.39 is 0 Å². The van der Waals surface area contributed by atoms with Gasteiger partial charge in [-0.25, -0.2) is 0 Å². The van der Waals surface area contributed by atoms with Gasteiger partial charge in [0.25, 0.3) is 0 Å². The molecule has 1 aliphatic heterocycles. The molecule has 3 heteroatoms. The average molecular weight is 207 g/mol. The lowest BCUT2D eigenvalue weighted by Gasteiger charge is -2.35. The van der Waals surface area contributed by atoms with Crippen molar-refractivity contribution in [2.45, 2.75) is 39.2 Å². The van der Waals surface area contributed by atoms with Crippen LogP contribution in [0.4, 0.5) is 0 Å². The van der Waals surface area contributed by atoms with E-state index in [-0.39, 0.29) is 0 Å². The number of piperidine rings is 1. The van der Waals surface area contributed by atoms with Gasteiger partial charge in [0.2, 0.25) is 0 Å². The summed E-state index contributed by atoms with van der Waals surface area (Å²) < 4.78 is 0. The number of aromatic nitrogens is 2. The second kappa shape index (κ2) is 4.79. The van der Waals surface area contributed by atoms with Crippen LogP contribution in [0, 0.1) is 5.92 Å². The minimum absolute atomic E-state index is 0.689. The highest BCUT2D eigenvalue weighted by atomic mass is 15.2. The summed E-state index contributed by atoms with van der Waals surface area (Å²) in [4.78, 5) is 2.59. The van der Waals surface area contributed by atoms with Crippen molar-refractivity contribution in [3.63, 3.8) is 0 Å². The van der Waals surface area contributed by atoms with Crippen LogP contribution in [0.3, 0.4) is 0 Å². The van der Waals surface area contributed by atoms with E-state index in [9.17, 15) is 0 Å². The maximum absolute atomic E-state index is 4.00. The molecule has 0 saturated carbocycles. The van der Waals surface area contributed by atoms with Crippen molar-refractivity contribution in [2.24, 2.45) is 5.92 Å². The summed E-state index contributed by atoms with van der Waals surface area (Å²) in [5.74, 6) is 0.807. The van der Waals surface area contributed by atoms with Crippen LogP contribution in [0.15, 0.2) is 12.3 Å². The summed E-state index contributed by atoms with van der Waals surface area (Å²) >= 11 is 0. The molecule has 1 aromatic heterocycles. The Morgan fingerprint density at radius 2 is 2.47 bits per heavy atom. The third kappa shape index (κ3) is 2.81. The third-order valence-electron chi connectivity index (χ3n) is 3.35. The maximum atomic E-state index is 4.00. The average Bonchev–Trinajstić information content (AvgIpc) is 2.71. The number of hydrogen-bond donors (Lipinski definition) is 1. The Kier molecular flexibility index (Phi) is 3.41. The summed E-state index contributed by atoms with van der Waals surface area (Å²) in [5.41, 5.74) is 1.28. The van der Waals surface area contributed by atoms with Crippen molar-refractivity contribution in [1.82, 2.24) is 15.1 Å². The van der Waals surface area contributed by atoms with Crippen LogP contribution in [0.25, 0.3) is 0 Å². The van der Waals surface area contributed by atoms with E-state index >= 15 is 0 Å². The Morgan fingerprint density at radius 1 is 1.60 bits per heavy atom. The van der Waals surface area contributed by atoms with Crippen LogP contribution >= 0.6 is 0 Å². The molecule has 1 saturated heterocycles.